The minimum absolute atomic E-state index is 0.397. The van der Waals surface area contributed by atoms with Gasteiger partial charge in [0.25, 0.3) is 0 Å². The Balaban J connectivity index is 2.36. The van der Waals surface area contributed by atoms with Crippen LogP contribution < -0.4 is 10.2 Å². The second kappa shape index (κ2) is 4.65. The predicted octanol–water partition coefficient (Wildman–Crippen LogP) is 1.81. The maximum atomic E-state index is 10.8. The van der Waals surface area contributed by atoms with Crippen LogP contribution in [-0.2, 0) is 9.31 Å². The second-order valence-electron chi connectivity index (χ2n) is 5.71. The van der Waals surface area contributed by atoms with Crippen LogP contribution in [0.15, 0.2) is 18.2 Å². The van der Waals surface area contributed by atoms with Crippen molar-refractivity contribution in [2.45, 2.75) is 38.9 Å². The van der Waals surface area contributed by atoms with Crippen molar-refractivity contribution < 1.29 is 18.8 Å². The highest BCUT2D eigenvalue weighted by Gasteiger charge is 2.52. The van der Waals surface area contributed by atoms with E-state index in [-0.39, 0.29) is 0 Å². The van der Waals surface area contributed by atoms with Crippen molar-refractivity contribution in [1.82, 2.24) is 0 Å². The van der Waals surface area contributed by atoms with Crippen LogP contribution in [0, 0.1) is 0 Å². The van der Waals surface area contributed by atoms with Gasteiger partial charge in [-0.2, -0.15) is 0 Å². The summed E-state index contributed by atoms with van der Waals surface area (Å²) in [6.45, 7) is 8.00. The van der Waals surface area contributed by atoms with Crippen molar-refractivity contribution in [3.05, 3.63) is 23.8 Å². The number of methoxy groups -OCH3 is 1. The first-order valence-corrected chi connectivity index (χ1v) is 6.29. The lowest BCUT2D eigenvalue weighted by Crippen LogP contribution is -2.41. The number of carbonyl (C=O) groups excluding carboxylic acids is 1. The van der Waals surface area contributed by atoms with E-state index < -0.39 is 18.3 Å². The molecular weight excluding hydrogens is 243 g/mol. The van der Waals surface area contributed by atoms with Crippen LogP contribution in [0.2, 0.25) is 0 Å². The van der Waals surface area contributed by atoms with Crippen molar-refractivity contribution in [3.8, 4) is 5.75 Å². The average molecular weight is 262 g/mol. The minimum atomic E-state index is -0.486. The van der Waals surface area contributed by atoms with Crippen LogP contribution >= 0.6 is 0 Å². The summed E-state index contributed by atoms with van der Waals surface area (Å²) in [6.07, 6.45) is 0.788. The lowest BCUT2D eigenvalue weighted by Gasteiger charge is -2.32. The van der Waals surface area contributed by atoms with Gasteiger partial charge >= 0.3 is 7.12 Å². The van der Waals surface area contributed by atoms with Gasteiger partial charge in [0.1, 0.15) is 12.0 Å². The number of hydrogen-bond acceptors (Lipinski definition) is 4. The standard InChI is InChI=1S/C14H19BO4/c1-13(2)14(3,4)19-15(18-13)11-7-6-10(9-16)8-12(11)17-5/h6-9H,1-5H3. The zero-order valence-electron chi connectivity index (χ0n) is 12.0. The summed E-state index contributed by atoms with van der Waals surface area (Å²) in [4.78, 5) is 10.8. The molecule has 0 amide bonds. The highest BCUT2D eigenvalue weighted by Crippen LogP contribution is 2.37. The summed E-state index contributed by atoms with van der Waals surface area (Å²) >= 11 is 0. The molecule has 1 heterocycles. The molecule has 5 heteroatoms. The molecule has 0 atom stereocenters. The van der Waals surface area contributed by atoms with E-state index in [1.54, 1.807) is 19.2 Å². The Morgan fingerprint density at radius 3 is 2.21 bits per heavy atom. The van der Waals surface area contributed by atoms with E-state index in [4.69, 9.17) is 14.0 Å². The fourth-order valence-electron chi connectivity index (χ4n) is 1.97. The first-order valence-electron chi connectivity index (χ1n) is 6.29. The molecule has 1 aromatic rings. The van der Waals surface area contributed by atoms with Gasteiger partial charge in [-0.1, -0.05) is 12.1 Å². The smallest absolute Gasteiger partial charge is 0.497 e. The highest BCUT2D eigenvalue weighted by atomic mass is 16.7. The normalized spacial score (nSPS) is 20.4. The topological polar surface area (TPSA) is 44.8 Å². The van der Waals surface area contributed by atoms with Crippen molar-refractivity contribution in [2.24, 2.45) is 0 Å². The molecule has 1 aliphatic heterocycles. The zero-order valence-corrected chi connectivity index (χ0v) is 12.0. The molecule has 0 radical (unpaired) electrons. The minimum Gasteiger partial charge on any atom is -0.497 e. The van der Waals surface area contributed by atoms with Gasteiger partial charge in [0, 0.05) is 11.0 Å². The summed E-state index contributed by atoms with van der Waals surface area (Å²) in [5.41, 5.74) is 0.571. The molecule has 102 valence electrons. The molecule has 4 nitrogen and oxygen atoms in total. The van der Waals surface area contributed by atoms with E-state index in [0.29, 0.717) is 11.3 Å². The molecule has 1 saturated heterocycles. The lowest BCUT2D eigenvalue weighted by atomic mass is 9.78. The van der Waals surface area contributed by atoms with Crippen molar-refractivity contribution in [1.29, 1.82) is 0 Å². The van der Waals surface area contributed by atoms with Gasteiger partial charge < -0.3 is 14.0 Å². The SMILES string of the molecule is COc1cc(C=O)ccc1B1OC(C)(C)C(C)(C)O1. The molecule has 0 unspecified atom stereocenters. The fraction of sp³-hybridized carbons (Fsp3) is 0.500. The van der Waals surface area contributed by atoms with Gasteiger partial charge in [0.05, 0.1) is 18.3 Å². The van der Waals surface area contributed by atoms with Gasteiger partial charge in [-0.3, -0.25) is 4.79 Å². The van der Waals surface area contributed by atoms with Crippen LogP contribution in [0.25, 0.3) is 0 Å². The first-order chi connectivity index (χ1) is 8.80. The van der Waals surface area contributed by atoms with Gasteiger partial charge in [-0.05, 0) is 33.8 Å². The molecule has 0 aliphatic carbocycles. The third-order valence-corrected chi connectivity index (χ3v) is 3.90. The molecular formula is C14H19BO4. The zero-order chi connectivity index (χ0) is 14.3. The molecule has 0 aromatic heterocycles. The highest BCUT2D eigenvalue weighted by molar-refractivity contribution is 6.63. The van der Waals surface area contributed by atoms with Gasteiger partial charge in [0.15, 0.2) is 0 Å². The summed E-state index contributed by atoms with van der Waals surface area (Å²) in [6, 6.07) is 5.23. The maximum Gasteiger partial charge on any atom is 0.498 e. The Hall–Kier alpha value is -1.33. The molecule has 1 aromatic carbocycles. The van der Waals surface area contributed by atoms with Gasteiger partial charge in [0.2, 0.25) is 0 Å². The maximum absolute atomic E-state index is 10.8. The van der Waals surface area contributed by atoms with E-state index in [9.17, 15) is 4.79 Å². The largest absolute Gasteiger partial charge is 0.498 e. The molecule has 0 spiro atoms. The number of aldehydes is 1. The Kier molecular flexibility index (Phi) is 3.45. The summed E-state index contributed by atoms with van der Waals surface area (Å²) in [5.74, 6) is 0.600. The quantitative estimate of drug-likeness (QED) is 0.615. The van der Waals surface area contributed by atoms with E-state index in [2.05, 4.69) is 0 Å². The Morgan fingerprint density at radius 1 is 1.16 bits per heavy atom. The van der Waals surface area contributed by atoms with Gasteiger partial charge in [-0.15, -0.1) is 0 Å². The molecule has 0 bridgehead atoms. The summed E-state index contributed by atoms with van der Waals surface area (Å²) in [7, 11) is 1.08. The average Bonchev–Trinajstić information content (AvgIpc) is 2.57. The fourth-order valence-corrected chi connectivity index (χ4v) is 1.97. The summed E-state index contributed by atoms with van der Waals surface area (Å²) in [5, 5.41) is 0. The second-order valence-corrected chi connectivity index (χ2v) is 5.71. The van der Waals surface area contributed by atoms with Gasteiger partial charge in [-0.25, -0.2) is 0 Å². The van der Waals surface area contributed by atoms with Crippen LogP contribution in [0.4, 0.5) is 0 Å². The molecule has 0 saturated carbocycles. The van der Waals surface area contributed by atoms with Crippen LogP contribution in [0.1, 0.15) is 38.1 Å². The monoisotopic (exact) mass is 262 g/mol. The Labute approximate surface area is 114 Å². The van der Waals surface area contributed by atoms with E-state index >= 15 is 0 Å². The van der Waals surface area contributed by atoms with Crippen molar-refractivity contribution in [2.75, 3.05) is 7.11 Å². The summed E-state index contributed by atoms with van der Waals surface area (Å²) < 4.78 is 17.3. The van der Waals surface area contributed by atoms with E-state index in [0.717, 1.165) is 11.7 Å². The molecule has 1 fully saturated rings. The van der Waals surface area contributed by atoms with E-state index in [1.807, 2.05) is 33.8 Å². The molecule has 1 aliphatic rings. The molecule has 2 rings (SSSR count). The van der Waals surface area contributed by atoms with Crippen LogP contribution in [0.3, 0.4) is 0 Å². The Bertz CT molecular complexity index is 480. The number of ether oxygens (including phenoxy) is 1. The van der Waals surface area contributed by atoms with Crippen molar-refractivity contribution in [3.63, 3.8) is 0 Å². The number of carbonyl (C=O) groups is 1. The van der Waals surface area contributed by atoms with Crippen LogP contribution in [-0.4, -0.2) is 31.7 Å². The lowest BCUT2D eigenvalue weighted by molar-refractivity contribution is 0.00578. The first kappa shape index (κ1) is 14.1. The van der Waals surface area contributed by atoms with Crippen molar-refractivity contribution >= 4 is 18.9 Å². The third-order valence-electron chi connectivity index (χ3n) is 3.90. The number of hydrogen-bond donors (Lipinski definition) is 0. The molecule has 0 N–H and O–H groups in total. The Morgan fingerprint density at radius 2 is 1.74 bits per heavy atom. The van der Waals surface area contributed by atoms with Crippen LogP contribution in [0.5, 0.6) is 5.75 Å². The molecule has 19 heavy (non-hydrogen) atoms. The number of rotatable bonds is 3. The third kappa shape index (κ3) is 2.40. The predicted molar refractivity (Wildman–Crippen MR) is 74.1 cm³/mol. The van der Waals surface area contributed by atoms with E-state index in [1.165, 1.54) is 0 Å². The number of benzene rings is 1.